The van der Waals surface area contributed by atoms with Crippen molar-refractivity contribution in [3.63, 3.8) is 0 Å². The summed E-state index contributed by atoms with van der Waals surface area (Å²) in [4.78, 5) is 28.0. The van der Waals surface area contributed by atoms with Crippen LogP contribution in [0.4, 0.5) is 4.79 Å². The molecule has 0 aromatic rings. The minimum Gasteiger partial charge on any atom is -0.444 e. The van der Waals surface area contributed by atoms with Crippen molar-refractivity contribution in [2.45, 2.75) is 71.2 Å². The molecule has 6 heteroatoms. The predicted molar refractivity (Wildman–Crippen MR) is 87.2 cm³/mol. The molecule has 2 heterocycles. The summed E-state index contributed by atoms with van der Waals surface area (Å²) in [6, 6.07) is 0. The van der Waals surface area contributed by atoms with E-state index in [1.807, 2.05) is 39.5 Å². The lowest BCUT2D eigenvalue weighted by molar-refractivity contribution is -0.182. The van der Waals surface area contributed by atoms with Crippen LogP contribution in [0.5, 0.6) is 0 Å². The maximum Gasteiger partial charge on any atom is 0.410 e. The highest BCUT2D eigenvalue weighted by Crippen LogP contribution is 2.33. The van der Waals surface area contributed by atoms with Gasteiger partial charge in [0.25, 0.3) is 5.91 Å². The van der Waals surface area contributed by atoms with E-state index < -0.39 is 11.7 Å². The van der Waals surface area contributed by atoms with Gasteiger partial charge in [0.1, 0.15) is 11.7 Å². The van der Waals surface area contributed by atoms with Crippen molar-refractivity contribution in [3.8, 4) is 0 Å². The first-order valence-corrected chi connectivity index (χ1v) is 8.60. The normalized spacial score (nSPS) is 29.6. The predicted octanol–water partition coefficient (Wildman–Crippen LogP) is 2.41. The summed E-state index contributed by atoms with van der Waals surface area (Å²) in [7, 11) is 0. The van der Waals surface area contributed by atoms with E-state index in [-0.39, 0.29) is 17.6 Å². The molecule has 2 saturated heterocycles. The summed E-state index contributed by atoms with van der Waals surface area (Å²) in [5.41, 5.74) is -0.817. The Labute approximate surface area is 139 Å². The lowest BCUT2D eigenvalue weighted by Crippen LogP contribution is -2.58. The number of nitrogens with zero attached hydrogens (tertiary/aromatic N) is 2. The zero-order chi connectivity index (χ0) is 17.3. The van der Waals surface area contributed by atoms with Gasteiger partial charge < -0.3 is 19.3 Å². The van der Waals surface area contributed by atoms with Crippen LogP contribution in [0, 0.1) is 0 Å². The van der Waals surface area contributed by atoms with Gasteiger partial charge >= 0.3 is 6.09 Å². The third-order valence-electron chi connectivity index (χ3n) is 4.50. The summed E-state index contributed by atoms with van der Waals surface area (Å²) in [6.45, 7) is 12.0. The molecule has 0 unspecified atom stereocenters. The topological polar surface area (TPSA) is 59.1 Å². The van der Waals surface area contributed by atoms with Gasteiger partial charge in [0.05, 0.1) is 5.60 Å². The molecule has 2 atom stereocenters. The second kappa shape index (κ2) is 6.67. The third-order valence-corrected chi connectivity index (χ3v) is 4.50. The van der Waals surface area contributed by atoms with Crippen LogP contribution in [0.15, 0.2) is 0 Å². The number of carbonyl (C=O) groups excluding carboxylic acids is 2. The van der Waals surface area contributed by atoms with Crippen molar-refractivity contribution < 1.29 is 19.1 Å². The second-order valence-corrected chi connectivity index (χ2v) is 7.62. The molecule has 132 valence electrons. The van der Waals surface area contributed by atoms with Crippen molar-refractivity contribution >= 4 is 12.0 Å². The van der Waals surface area contributed by atoms with Crippen molar-refractivity contribution in [1.29, 1.82) is 0 Å². The van der Waals surface area contributed by atoms with E-state index in [2.05, 4.69) is 0 Å². The first-order chi connectivity index (χ1) is 10.7. The average Bonchev–Trinajstić information content (AvgIpc) is 2.64. The molecule has 0 bridgehead atoms. The molecule has 2 fully saturated rings. The zero-order valence-electron chi connectivity index (χ0n) is 15.1. The molecule has 1 spiro atoms. The quantitative estimate of drug-likeness (QED) is 0.742. The van der Waals surface area contributed by atoms with Crippen LogP contribution in [0.1, 0.15) is 53.9 Å². The van der Waals surface area contributed by atoms with Gasteiger partial charge in [0.15, 0.2) is 0 Å². The highest BCUT2D eigenvalue weighted by Gasteiger charge is 2.44. The fourth-order valence-electron chi connectivity index (χ4n) is 3.37. The van der Waals surface area contributed by atoms with E-state index in [9.17, 15) is 9.59 Å². The van der Waals surface area contributed by atoms with Gasteiger partial charge in [-0.05, 0) is 53.9 Å². The third kappa shape index (κ3) is 4.37. The van der Waals surface area contributed by atoms with E-state index in [0.717, 1.165) is 19.3 Å². The highest BCUT2D eigenvalue weighted by molar-refractivity contribution is 5.81. The van der Waals surface area contributed by atoms with Crippen LogP contribution < -0.4 is 0 Å². The Kier molecular flexibility index (Phi) is 5.23. The standard InChI is InChI=1S/C17H30N2O4/c1-6-18-12-17(22-13(2)14(18)20)8-7-10-19(11-9-17)15(21)23-16(3,4)5/h13H,6-12H2,1-5H3/t13-,17-/m1/s1. The molecule has 0 N–H and O–H groups in total. The number of likely N-dealkylation sites (tertiary alicyclic amines) is 1. The Bertz CT molecular complexity index is 460. The summed E-state index contributed by atoms with van der Waals surface area (Å²) < 4.78 is 11.6. The van der Waals surface area contributed by atoms with Gasteiger partial charge in [-0.2, -0.15) is 0 Å². The molecule has 2 aliphatic rings. The molecule has 0 radical (unpaired) electrons. The molecule has 0 aromatic heterocycles. The molecule has 6 nitrogen and oxygen atoms in total. The van der Waals surface area contributed by atoms with Gasteiger partial charge in [-0.3, -0.25) is 4.79 Å². The van der Waals surface area contributed by atoms with E-state index >= 15 is 0 Å². The number of morpholine rings is 1. The van der Waals surface area contributed by atoms with Gasteiger partial charge in [-0.15, -0.1) is 0 Å². The number of ether oxygens (including phenoxy) is 2. The van der Waals surface area contributed by atoms with Gasteiger partial charge in [0.2, 0.25) is 0 Å². The maximum absolute atomic E-state index is 12.3. The lowest BCUT2D eigenvalue weighted by atomic mass is 9.91. The first-order valence-electron chi connectivity index (χ1n) is 8.60. The van der Waals surface area contributed by atoms with E-state index in [0.29, 0.717) is 26.2 Å². The summed E-state index contributed by atoms with van der Waals surface area (Å²) >= 11 is 0. The van der Waals surface area contributed by atoms with Crippen LogP contribution in [0.2, 0.25) is 0 Å². The molecular formula is C17H30N2O4. The van der Waals surface area contributed by atoms with E-state index in [1.54, 1.807) is 4.90 Å². The Morgan fingerprint density at radius 1 is 1.35 bits per heavy atom. The lowest BCUT2D eigenvalue weighted by Gasteiger charge is -2.44. The molecule has 0 aliphatic carbocycles. The number of likely N-dealkylation sites (N-methyl/N-ethyl adjacent to an activating group) is 1. The summed E-state index contributed by atoms with van der Waals surface area (Å²) in [6.07, 6.45) is 1.79. The van der Waals surface area contributed by atoms with Crippen molar-refractivity contribution in [2.75, 3.05) is 26.2 Å². The summed E-state index contributed by atoms with van der Waals surface area (Å²) in [5, 5.41) is 0. The SMILES string of the molecule is CCN1C[C@]2(CCCN(C(=O)OC(C)(C)C)CC2)O[C@H](C)C1=O. The molecular weight excluding hydrogens is 296 g/mol. The number of hydrogen-bond donors (Lipinski definition) is 0. The fourth-order valence-corrected chi connectivity index (χ4v) is 3.37. The van der Waals surface area contributed by atoms with Crippen molar-refractivity contribution in [2.24, 2.45) is 0 Å². The smallest absolute Gasteiger partial charge is 0.410 e. The van der Waals surface area contributed by atoms with Crippen molar-refractivity contribution in [3.05, 3.63) is 0 Å². The average molecular weight is 326 g/mol. The first kappa shape index (κ1) is 18.0. The van der Waals surface area contributed by atoms with Crippen LogP contribution in [-0.2, 0) is 14.3 Å². The zero-order valence-corrected chi connectivity index (χ0v) is 15.1. The largest absolute Gasteiger partial charge is 0.444 e. The number of rotatable bonds is 1. The van der Waals surface area contributed by atoms with Gasteiger partial charge in [-0.25, -0.2) is 4.79 Å². The van der Waals surface area contributed by atoms with Crippen molar-refractivity contribution in [1.82, 2.24) is 9.80 Å². The van der Waals surface area contributed by atoms with Crippen LogP contribution in [-0.4, -0.2) is 65.3 Å². The Hall–Kier alpha value is -1.30. The molecule has 2 rings (SSSR count). The minimum absolute atomic E-state index is 0.0615. The molecule has 0 aromatic carbocycles. The second-order valence-electron chi connectivity index (χ2n) is 7.62. The number of amides is 2. The van der Waals surface area contributed by atoms with Crippen LogP contribution in [0.3, 0.4) is 0 Å². The monoisotopic (exact) mass is 326 g/mol. The Balaban J connectivity index is 2.03. The van der Waals surface area contributed by atoms with E-state index in [4.69, 9.17) is 9.47 Å². The van der Waals surface area contributed by atoms with Crippen LogP contribution in [0.25, 0.3) is 0 Å². The van der Waals surface area contributed by atoms with Gasteiger partial charge in [-0.1, -0.05) is 0 Å². The van der Waals surface area contributed by atoms with Crippen LogP contribution >= 0.6 is 0 Å². The number of hydrogen-bond acceptors (Lipinski definition) is 4. The molecule has 2 aliphatic heterocycles. The highest BCUT2D eigenvalue weighted by atomic mass is 16.6. The molecule has 2 amide bonds. The molecule has 0 saturated carbocycles. The summed E-state index contributed by atoms with van der Waals surface area (Å²) in [5.74, 6) is 0.0615. The Morgan fingerprint density at radius 3 is 2.65 bits per heavy atom. The number of carbonyl (C=O) groups is 2. The maximum atomic E-state index is 12.3. The van der Waals surface area contributed by atoms with E-state index in [1.165, 1.54) is 0 Å². The van der Waals surface area contributed by atoms with Gasteiger partial charge in [0, 0.05) is 26.2 Å². The fraction of sp³-hybridized carbons (Fsp3) is 0.882. The molecule has 23 heavy (non-hydrogen) atoms. The Morgan fingerprint density at radius 2 is 2.04 bits per heavy atom. The minimum atomic E-state index is -0.484.